The van der Waals surface area contributed by atoms with Gasteiger partial charge in [0.05, 0.1) is 29.8 Å². The molecule has 1 fully saturated rings. The molecule has 0 saturated carbocycles. The number of benzene rings is 1. The summed E-state index contributed by atoms with van der Waals surface area (Å²) >= 11 is 0. The molecule has 3 N–H and O–H groups in total. The highest BCUT2D eigenvalue weighted by Crippen LogP contribution is 2.14. The molecule has 1 aromatic heterocycles. The lowest BCUT2D eigenvalue weighted by Gasteiger charge is -2.12. The van der Waals surface area contributed by atoms with Crippen LogP contribution in [0.4, 0.5) is 0 Å². The Morgan fingerprint density at radius 2 is 2.00 bits per heavy atom. The smallest absolute Gasteiger partial charge is 0.240 e. The maximum Gasteiger partial charge on any atom is 0.240 e. The van der Waals surface area contributed by atoms with Crippen LogP contribution < -0.4 is 15.4 Å². The monoisotopic (exact) mass is 559 g/mol. The summed E-state index contributed by atoms with van der Waals surface area (Å²) in [7, 11) is -3.54. The van der Waals surface area contributed by atoms with E-state index in [1.807, 2.05) is 25.1 Å². The Labute approximate surface area is 201 Å². The number of rotatable bonds is 9. The van der Waals surface area contributed by atoms with Crippen LogP contribution in [0, 0.1) is 0 Å². The first-order valence-electron chi connectivity index (χ1n) is 10.2. The molecule has 1 atom stereocenters. The van der Waals surface area contributed by atoms with Crippen molar-refractivity contribution in [2.75, 3.05) is 19.7 Å². The van der Waals surface area contributed by atoms with Crippen molar-refractivity contribution >= 4 is 40.0 Å². The Bertz CT molecular complexity index is 918. The van der Waals surface area contributed by atoms with Crippen LogP contribution in [0.15, 0.2) is 58.5 Å². The highest BCUT2D eigenvalue weighted by Gasteiger charge is 2.20. The Kier molecular flexibility index (Phi) is 10.6. The second-order valence-corrected chi connectivity index (χ2v) is 8.77. The molecule has 0 spiro atoms. The molecular formula is C21H30IN5O3S. The fourth-order valence-electron chi connectivity index (χ4n) is 3.05. The van der Waals surface area contributed by atoms with E-state index in [0.717, 1.165) is 30.6 Å². The molecule has 1 aromatic carbocycles. The van der Waals surface area contributed by atoms with Gasteiger partial charge in [0.2, 0.25) is 10.0 Å². The Hall–Kier alpha value is -1.76. The number of aromatic nitrogens is 1. The van der Waals surface area contributed by atoms with Gasteiger partial charge in [-0.25, -0.2) is 18.1 Å². The van der Waals surface area contributed by atoms with E-state index in [-0.39, 0.29) is 35.0 Å². The quantitative estimate of drug-likeness (QED) is 0.248. The number of pyridine rings is 1. The van der Waals surface area contributed by atoms with E-state index in [0.29, 0.717) is 32.2 Å². The summed E-state index contributed by atoms with van der Waals surface area (Å²) in [4.78, 5) is 9.09. The molecule has 2 heterocycles. The molecule has 1 aliphatic rings. The van der Waals surface area contributed by atoms with Gasteiger partial charge in [-0.1, -0.05) is 18.2 Å². The van der Waals surface area contributed by atoms with Crippen molar-refractivity contribution in [3.63, 3.8) is 0 Å². The number of nitrogens with zero attached hydrogens (tertiary/aromatic N) is 2. The number of guanidine groups is 1. The lowest BCUT2D eigenvalue weighted by Crippen LogP contribution is -2.37. The number of hydrogen-bond acceptors (Lipinski definition) is 5. The van der Waals surface area contributed by atoms with Gasteiger partial charge in [0, 0.05) is 25.9 Å². The maximum atomic E-state index is 12.5. The van der Waals surface area contributed by atoms with E-state index in [1.54, 1.807) is 30.5 Å². The largest absolute Gasteiger partial charge is 0.377 e. The predicted octanol–water partition coefficient (Wildman–Crippen LogP) is 2.41. The normalized spacial score (nSPS) is 16.5. The van der Waals surface area contributed by atoms with E-state index in [1.165, 1.54) is 0 Å². The van der Waals surface area contributed by atoms with Crippen molar-refractivity contribution in [1.82, 2.24) is 20.3 Å². The first-order chi connectivity index (χ1) is 14.6. The van der Waals surface area contributed by atoms with Crippen molar-refractivity contribution in [3.8, 4) is 0 Å². The molecule has 170 valence electrons. The van der Waals surface area contributed by atoms with Crippen LogP contribution >= 0.6 is 24.0 Å². The molecule has 1 unspecified atom stereocenters. The van der Waals surface area contributed by atoms with Crippen LogP contribution in [0.5, 0.6) is 0 Å². The van der Waals surface area contributed by atoms with Crippen molar-refractivity contribution < 1.29 is 13.2 Å². The van der Waals surface area contributed by atoms with Gasteiger partial charge >= 0.3 is 0 Å². The SMILES string of the molecule is CCNC(=NCc1ccc(S(=O)(=O)NCC2CCCO2)cc1)NCc1ccccn1.I. The number of hydrogen-bond donors (Lipinski definition) is 3. The van der Waals surface area contributed by atoms with Gasteiger partial charge in [-0.05, 0) is 49.6 Å². The summed E-state index contributed by atoms with van der Waals surface area (Å²) in [5.74, 6) is 0.679. The highest BCUT2D eigenvalue weighted by molar-refractivity contribution is 14.0. The van der Waals surface area contributed by atoms with Gasteiger partial charge in [-0.3, -0.25) is 4.98 Å². The molecule has 0 aliphatic carbocycles. The van der Waals surface area contributed by atoms with Crippen LogP contribution in [-0.4, -0.2) is 45.2 Å². The van der Waals surface area contributed by atoms with Gasteiger partial charge in [0.15, 0.2) is 5.96 Å². The number of aliphatic imine (C=N–C) groups is 1. The molecule has 3 rings (SSSR count). The summed E-state index contributed by atoms with van der Waals surface area (Å²) in [5, 5.41) is 6.44. The van der Waals surface area contributed by atoms with E-state index >= 15 is 0 Å². The summed E-state index contributed by atoms with van der Waals surface area (Å²) in [6.45, 7) is 4.75. The number of halogens is 1. The first kappa shape index (κ1) is 25.5. The molecule has 8 nitrogen and oxygen atoms in total. The zero-order chi connectivity index (χ0) is 21.2. The van der Waals surface area contributed by atoms with Crippen LogP contribution in [-0.2, 0) is 27.8 Å². The number of ether oxygens (including phenoxy) is 1. The third kappa shape index (κ3) is 8.36. The molecule has 1 aliphatic heterocycles. The Morgan fingerprint density at radius 3 is 2.65 bits per heavy atom. The highest BCUT2D eigenvalue weighted by atomic mass is 127. The molecule has 2 aromatic rings. The molecule has 31 heavy (non-hydrogen) atoms. The average Bonchev–Trinajstić information content (AvgIpc) is 3.29. The van der Waals surface area contributed by atoms with Crippen LogP contribution in [0.3, 0.4) is 0 Å². The Morgan fingerprint density at radius 1 is 1.19 bits per heavy atom. The summed E-state index contributed by atoms with van der Waals surface area (Å²) < 4.78 is 33.0. The summed E-state index contributed by atoms with van der Waals surface area (Å²) in [6, 6.07) is 12.6. The second-order valence-electron chi connectivity index (χ2n) is 7.00. The minimum Gasteiger partial charge on any atom is -0.377 e. The standard InChI is InChI=1S/C21H29N5O3S.HI/c1-2-22-21(25-15-18-6-3-4-12-23-18)24-14-17-8-10-20(11-9-17)30(27,28)26-16-19-7-5-13-29-19;/h3-4,6,8-12,19,26H,2,5,7,13-16H2,1H3,(H2,22,24,25);1H. The second kappa shape index (κ2) is 12.9. The Balaban J connectivity index is 0.00000341. The maximum absolute atomic E-state index is 12.5. The molecule has 0 amide bonds. The molecular weight excluding hydrogens is 529 g/mol. The van der Waals surface area contributed by atoms with E-state index < -0.39 is 10.0 Å². The van der Waals surface area contributed by atoms with Crippen molar-refractivity contribution in [1.29, 1.82) is 0 Å². The molecule has 0 bridgehead atoms. The van der Waals surface area contributed by atoms with E-state index in [2.05, 4.69) is 25.3 Å². The molecule has 1 saturated heterocycles. The summed E-state index contributed by atoms with van der Waals surface area (Å²) in [5.41, 5.74) is 1.84. The topological polar surface area (TPSA) is 105 Å². The van der Waals surface area contributed by atoms with E-state index in [9.17, 15) is 8.42 Å². The summed E-state index contributed by atoms with van der Waals surface area (Å²) in [6.07, 6.45) is 3.60. The van der Waals surface area contributed by atoms with Crippen molar-refractivity contribution in [2.24, 2.45) is 4.99 Å². The van der Waals surface area contributed by atoms with E-state index in [4.69, 9.17) is 4.74 Å². The zero-order valence-corrected chi connectivity index (χ0v) is 20.7. The first-order valence-corrected chi connectivity index (χ1v) is 11.7. The lowest BCUT2D eigenvalue weighted by atomic mass is 10.2. The van der Waals surface area contributed by atoms with Gasteiger partial charge < -0.3 is 15.4 Å². The lowest BCUT2D eigenvalue weighted by molar-refractivity contribution is 0.114. The fraction of sp³-hybridized carbons (Fsp3) is 0.429. The minimum absolute atomic E-state index is 0. The van der Waals surface area contributed by atoms with Gasteiger partial charge in [-0.15, -0.1) is 24.0 Å². The molecule has 10 heteroatoms. The van der Waals surface area contributed by atoms with Gasteiger partial charge in [0.25, 0.3) is 0 Å². The van der Waals surface area contributed by atoms with Gasteiger partial charge in [-0.2, -0.15) is 0 Å². The third-order valence-electron chi connectivity index (χ3n) is 4.69. The van der Waals surface area contributed by atoms with Crippen LogP contribution in [0.25, 0.3) is 0 Å². The fourth-order valence-corrected chi connectivity index (χ4v) is 4.12. The number of nitrogens with one attached hydrogen (secondary N) is 3. The van der Waals surface area contributed by atoms with Gasteiger partial charge in [0.1, 0.15) is 0 Å². The minimum atomic E-state index is -3.54. The average molecular weight is 559 g/mol. The number of sulfonamides is 1. The van der Waals surface area contributed by atoms with Crippen molar-refractivity contribution in [3.05, 3.63) is 59.9 Å². The van der Waals surface area contributed by atoms with Crippen LogP contribution in [0.1, 0.15) is 31.0 Å². The predicted molar refractivity (Wildman–Crippen MR) is 132 cm³/mol. The van der Waals surface area contributed by atoms with Crippen molar-refractivity contribution in [2.45, 2.75) is 43.9 Å². The molecule has 0 radical (unpaired) electrons. The zero-order valence-electron chi connectivity index (χ0n) is 17.6. The van der Waals surface area contributed by atoms with Crippen LogP contribution in [0.2, 0.25) is 0 Å². The third-order valence-corrected chi connectivity index (χ3v) is 6.13.